The smallest absolute Gasteiger partial charge is 0.264 e. The van der Waals surface area contributed by atoms with Crippen LogP contribution in [0.1, 0.15) is 71.1 Å². The Bertz CT molecular complexity index is 660. The highest BCUT2D eigenvalue weighted by Gasteiger charge is 2.02. The van der Waals surface area contributed by atoms with Gasteiger partial charge in [0.15, 0.2) is 0 Å². The van der Waals surface area contributed by atoms with E-state index in [4.69, 9.17) is 4.55 Å². The summed E-state index contributed by atoms with van der Waals surface area (Å²) in [7, 11) is -3.73. The topological polar surface area (TPSA) is 54.4 Å². The van der Waals surface area contributed by atoms with E-state index in [1.165, 1.54) is 56.1 Å². The van der Waals surface area contributed by atoms with Gasteiger partial charge in [0.25, 0.3) is 10.1 Å². The van der Waals surface area contributed by atoms with Crippen LogP contribution in [0.15, 0.2) is 60.7 Å². The monoisotopic (exact) mass is 404 g/mol. The minimum atomic E-state index is -3.73. The van der Waals surface area contributed by atoms with Crippen LogP contribution >= 0.6 is 0 Å². The highest BCUT2D eigenvalue weighted by Crippen LogP contribution is 2.17. The molecular weight excluding hydrogens is 368 g/mol. The minimum Gasteiger partial charge on any atom is -0.286 e. The first-order chi connectivity index (χ1) is 13.5. The largest absolute Gasteiger partial charge is 0.286 e. The molecule has 0 aliphatic heterocycles. The number of benzene rings is 2. The summed E-state index contributed by atoms with van der Waals surface area (Å²) >= 11 is 0. The van der Waals surface area contributed by atoms with Gasteiger partial charge in [0.1, 0.15) is 0 Å². The first-order valence-corrected chi connectivity index (χ1v) is 12.2. The Hall–Kier alpha value is -1.65. The molecule has 0 spiro atoms. The lowest BCUT2D eigenvalue weighted by Gasteiger charge is -2.01. The van der Waals surface area contributed by atoms with E-state index in [2.05, 4.69) is 55.5 Å². The Morgan fingerprint density at radius 1 is 0.607 bits per heavy atom. The molecular formula is C24H36O3S. The van der Waals surface area contributed by atoms with E-state index in [9.17, 15) is 8.42 Å². The summed E-state index contributed by atoms with van der Waals surface area (Å²) < 4.78 is 29.4. The van der Waals surface area contributed by atoms with Gasteiger partial charge in [0.2, 0.25) is 0 Å². The van der Waals surface area contributed by atoms with Crippen LogP contribution in [0.2, 0.25) is 0 Å². The standard InChI is InChI=1S/C12H26O3S.C12H10/c1-2-3-4-5-6-7-8-9-10-11-12-16(13,14)15;1-3-7-11(8-4-1)12-9-5-2-6-10-12/h2-12H2,1H3,(H,13,14,15);1-10H. The second kappa shape index (κ2) is 15.3. The Kier molecular flexibility index (Phi) is 13.3. The van der Waals surface area contributed by atoms with Crippen LogP contribution < -0.4 is 0 Å². The fourth-order valence-electron chi connectivity index (χ4n) is 3.03. The molecule has 0 aromatic heterocycles. The fraction of sp³-hybridized carbons (Fsp3) is 0.500. The molecule has 2 rings (SSSR count). The predicted molar refractivity (Wildman–Crippen MR) is 120 cm³/mol. The van der Waals surface area contributed by atoms with Crippen molar-refractivity contribution in [3.8, 4) is 11.1 Å². The normalized spacial score (nSPS) is 10.9. The lowest BCUT2D eigenvalue weighted by atomic mass is 10.1. The maximum absolute atomic E-state index is 10.4. The van der Waals surface area contributed by atoms with Gasteiger partial charge in [-0.2, -0.15) is 8.42 Å². The highest BCUT2D eigenvalue weighted by molar-refractivity contribution is 7.85. The zero-order valence-electron chi connectivity index (χ0n) is 17.2. The summed E-state index contributed by atoms with van der Waals surface area (Å²) in [6, 6.07) is 20.8. The van der Waals surface area contributed by atoms with Crippen LogP contribution in [0.25, 0.3) is 11.1 Å². The molecule has 0 aliphatic carbocycles. The van der Waals surface area contributed by atoms with Crippen molar-refractivity contribution in [1.82, 2.24) is 0 Å². The average molecular weight is 405 g/mol. The van der Waals surface area contributed by atoms with Crippen LogP contribution in [0.4, 0.5) is 0 Å². The van der Waals surface area contributed by atoms with E-state index < -0.39 is 10.1 Å². The number of unbranched alkanes of at least 4 members (excludes halogenated alkanes) is 9. The van der Waals surface area contributed by atoms with Crippen LogP contribution in [-0.4, -0.2) is 18.7 Å². The molecule has 0 fully saturated rings. The summed E-state index contributed by atoms with van der Waals surface area (Å²) in [5.74, 6) is -0.0799. The van der Waals surface area contributed by atoms with Crippen LogP contribution in [0.5, 0.6) is 0 Å². The molecule has 0 atom stereocenters. The lowest BCUT2D eigenvalue weighted by Crippen LogP contribution is -2.03. The SMILES string of the molecule is CCCCCCCCCCCCS(=O)(=O)O.c1ccc(-c2ccccc2)cc1. The Balaban J connectivity index is 0.000000289. The van der Waals surface area contributed by atoms with Gasteiger partial charge in [-0.3, -0.25) is 4.55 Å². The Morgan fingerprint density at radius 3 is 1.32 bits per heavy atom. The van der Waals surface area contributed by atoms with Gasteiger partial charge < -0.3 is 0 Å². The molecule has 0 unspecified atom stereocenters. The second-order valence-corrected chi connectivity index (χ2v) is 8.77. The van der Waals surface area contributed by atoms with Gasteiger partial charge in [-0.05, 0) is 17.5 Å². The third-order valence-electron chi connectivity index (χ3n) is 4.64. The average Bonchev–Trinajstić information content (AvgIpc) is 2.70. The maximum atomic E-state index is 10.4. The Labute approximate surface area is 172 Å². The summed E-state index contributed by atoms with van der Waals surface area (Å²) in [6.45, 7) is 2.22. The van der Waals surface area contributed by atoms with E-state index in [1.807, 2.05) is 12.1 Å². The van der Waals surface area contributed by atoms with Gasteiger partial charge >= 0.3 is 0 Å². The lowest BCUT2D eigenvalue weighted by molar-refractivity contribution is 0.478. The van der Waals surface area contributed by atoms with E-state index in [0.29, 0.717) is 6.42 Å². The van der Waals surface area contributed by atoms with Gasteiger partial charge in [0, 0.05) is 0 Å². The molecule has 156 valence electrons. The van der Waals surface area contributed by atoms with E-state index >= 15 is 0 Å². The molecule has 2 aromatic carbocycles. The summed E-state index contributed by atoms with van der Waals surface area (Å²) in [5, 5.41) is 0. The maximum Gasteiger partial charge on any atom is 0.264 e. The van der Waals surface area contributed by atoms with Crippen molar-refractivity contribution in [2.24, 2.45) is 0 Å². The molecule has 28 heavy (non-hydrogen) atoms. The molecule has 4 heteroatoms. The predicted octanol–water partition coefficient (Wildman–Crippen LogP) is 7.15. The molecule has 0 saturated heterocycles. The number of rotatable bonds is 12. The van der Waals surface area contributed by atoms with E-state index in [0.717, 1.165) is 12.8 Å². The van der Waals surface area contributed by atoms with Crippen molar-refractivity contribution in [2.45, 2.75) is 71.1 Å². The third-order valence-corrected chi connectivity index (χ3v) is 5.44. The van der Waals surface area contributed by atoms with Gasteiger partial charge in [-0.15, -0.1) is 0 Å². The Morgan fingerprint density at radius 2 is 0.964 bits per heavy atom. The third kappa shape index (κ3) is 13.5. The van der Waals surface area contributed by atoms with Crippen LogP contribution in [-0.2, 0) is 10.1 Å². The fourth-order valence-corrected chi connectivity index (χ4v) is 3.60. The molecule has 0 heterocycles. The van der Waals surface area contributed by atoms with Crippen molar-refractivity contribution in [1.29, 1.82) is 0 Å². The zero-order chi connectivity index (χ0) is 20.5. The summed E-state index contributed by atoms with van der Waals surface area (Å²) in [4.78, 5) is 0. The van der Waals surface area contributed by atoms with Crippen molar-refractivity contribution in [3.05, 3.63) is 60.7 Å². The van der Waals surface area contributed by atoms with Crippen LogP contribution in [0, 0.1) is 0 Å². The zero-order valence-corrected chi connectivity index (χ0v) is 18.0. The molecule has 0 aliphatic rings. The first-order valence-electron chi connectivity index (χ1n) is 10.6. The second-order valence-electron chi connectivity index (χ2n) is 7.20. The summed E-state index contributed by atoms with van der Waals surface area (Å²) in [5.41, 5.74) is 2.55. The molecule has 0 saturated carbocycles. The van der Waals surface area contributed by atoms with Crippen molar-refractivity contribution < 1.29 is 13.0 Å². The van der Waals surface area contributed by atoms with E-state index in [-0.39, 0.29) is 5.75 Å². The molecule has 1 N–H and O–H groups in total. The van der Waals surface area contributed by atoms with Crippen molar-refractivity contribution in [3.63, 3.8) is 0 Å². The van der Waals surface area contributed by atoms with Crippen LogP contribution in [0.3, 0.4) is 0 Å². The molecule has 2 aromatic rings. The van der Waals surface area contributed by atoms with Gasteiger partial charge in [-0.1, -0.05) is 125 Å². The highest BCUT2D eigenvalue weighted by atomic mass is 32.2. The van der Waals surface area contributed by atoms with Crippen molar-refractivity contribution in [2.75, 3.05) is 5.75 Å². The quantitative estimate of drug-likeness (QED) is 0.302. The van der Waals surface area contributed by atoms with Crippen molar-refractivity contribution >= 4 is 10.1 Å². The molecule has 0 bridgehead atoms. The van der Waals surface area contributed by atoms with Gasteiger partial charge in [0.05, 0.1) is 5.75 Å². The number of hydrogen-bond donors (Lipinski definition) is 1. The first kappa shape index (κ1) is 24.4. The van der Waals surface area contributed by atoms with Gasteiger partial charge in [-0.25, -0.2) is 0 Å². The summed E-state index contributed by atoms with van der Waals surface area (Å²) in [6.07, 6.45) is 11.7. The molecule has 0 amide bonds. The molecule has 3 nitrogen and oxygen atoms in total. The minimum absolute atomic E-state index is 0.0799. The number of hydrogen-bond acceptors (Lipinski definition) is 2. The van der Waals surface area contributed by atoms with E-state index in [1.54, 1.807) is 0 Å². The molecule has 0 radical (unpaired) electrons.